The van der Waals surface area contributed by atoms with Gasteiger partial charge in [0.25, 0.3) is 0 Å². The number of hydrogen-bond acceptors (Lipinski definition) is 6. The first-order valence-corrected chi connectivity index (χ1v) is 5.60. The first-order chi connectivity index (χ1) is 8.02. The molecule has 0 aromatic heterocycles. The van der Waals surface area contributed by atoms with Crippen molar-refractivity contribution in [2.24, 2.45) is 0 Å². The largest absolute Gasteiger partial charge is 0.463 e. The van der Waals surface area contributed by atoms with Gasteiger partial charge in [-0.3, -0.25) is 9.59 Å². The Morgan fingerprint density at radius 2 is 2.06 bits per heavy atom. The van der Waals surface area contributed by atoms with E-state index >= 15 is 0 Å². The lowest BCUT2D eigenvalue weighted by Crippen LogP contribution is -2.50. The fourth-order valence-corrected chi connectivity index (χ4v) is 1.51. The smallest absolute Gasteiger partial charge is 0.457 e. The zero-order valence-electron chi connectivity index (χ0n) is 10.3. The van der Waals surface area contributed by atoms with Gasteiger partial charge in [0, 0.05) is 13.8 Å². The molecule has 1 aliphatic heterocycles. The van der Waals surface area contributed by atoms with E-state index in [9.17, 15) is 9.59 Å². The number of carbonyl (C=O) groups is 2. The maximum Gasteiger partial charge on any atom is 0.457 e. The summed E-state index contributed by atoms with van der Waals surface area (Å²) in [5, 5.41) is 0. The zero-order valence-corrected chi connectivity index (χ0v) is 10.3. The van der Waals surface area contributed by atoms with Crippen molar-refractivity contribution in [2.45, 2.75) is 39.3 Å². The van der Waals surface area contributed by atoms with Crippen LogP contribution in [-0.2, 0) is 28.4 Å². The van der Waals surface area contributed by atoms with Crippen molar-refractivity contribution < 1.29 is 28.4 Å². The summed E-state index contributed by atoms with van der Waals surface area (Å²) in [6.45, 7) is 4.86. The minimum absolute atomic E-state index is 0.0626. The molecule has 0 aliphatic carbocycles. The van der Waals surface area contributed by atoms with Crippen LogP contribution in [0.3, 0.4) is 0 Å². The summed E-state index contributed by atoms with van der Waals surface area (Å²) in [6, 6.07) is 0. The molecule has 0 N–H and O–H groups in total. The average molecular weight is 244 g/mol. The molecule has 0 unspecified atom stereocenters. The molecule has 17 heavy (non-hydrogen) atoms. The molecule has 0 radical (unpaired) electrons. The number of hydrogen-bond donors (Lipinski definition) is 0. The topological polar surface area (TPSA) is 71.1 Å². The molecule has 0 spiro atoms. The van der Waals surface area contributed by atoms with E-state index in [2.05, 4.69) is 0 Å². The van der Waals surface area contributed by atoms with Gasteiger partial charge in [0.2, 0.25) is 0 Å². The Kier molecular flexibility index (Phi) is 5.44. The molecule has 1 rings (SSSR count). The van der Waals surface area contributed by atoms with Crippen molar-refractivity contribution in [2.75, 3.05) is 13.2 Å². The molecule has 0 saturated carbocycles. The van der Waals surface area contributed by atoms with E-state index in [-0.39, 0.29) is 20.3 Å². The highest BCUT2D eigenvalue weighted by molar-refractivity contribution is 6.44. The highest BCUT2D eigenvalue weighted by Gasteiger charge is 2.36. The molecular formula is C10H17BO6. The molecule has 6 nitrogen and oxygen atoms in total. The third-order valence-electron chi connectivity index (χ3n) is 2.29. The number of esters is 2. The third-order valence-corrected chi connectivity index (χ3v) is 2.29. The van der Waals surface area contributed by atoms with E-state index < -0.39 is 24.1 Å². The van der Waals surface area contributed by atoms with Crippen molar-refractivity contribution in [3.63, 3.8) is 0 Å². The Morgan fingerprint density at radius 3 is 2.59 bits per heavy atom. The van der Waals surface area contributed by atoms with Crippen LogP contribution >= 0.6 is 0 Å². The second-order valence-electron chi connectivity index (χ2n) is 3.80. The van der Waals surface area contributed by atoms with Crippen LogP contribution in [0.2, 0.25) is 6.32 Å². The van der Waals surface area contributed by atoms with Crippen molar-refractivity contribution in [1.29, 1.82) is 0 Å². The second-order valence-corrected chi connectivity index (χ2v) is 3.80. The summed E-state index contributed by atoms with van der Waals surface area (Å²) in [6.07, 6.45) is -0.320. The maximum atomic E-state index is 10.9. The Balaban J connectivity index is 2.54. The number of carbonyl (C=O) groups excluding carboxylic acids is 2. The molecular weight excluding hydrogens is 227 g/mol. The molecule has 1 heterocycles. The van der Waals surface area contributed by atoms with E-state index in [4.69, 9.17) is 18.8 Å². The minimum atomic E-state index is -0.533. The molecule has 1 fully saturated rings. The van der Waals surface area contributed by atoms with Crippen molar-refractivity contribution in [3.8, 4) is 0 Å². The van der Waals surface area contributed by atoms with Gasteiger partial charge in [-0.1, -0.05) is 6.92 Å². The highest BCUT2D eigenvalue weighted by atomic mass is 16.7. The first kappa shape index (κ1) is 14.0. The van der Waals surface area contributed by atoms with Crippen LogP contribution in [0.25, 0.3) is 0 Å². The Labute approximate surface area is 101 Å². The van der Waals surface area contributed by atoms with Crippen LogP contribution in [0.1, 0.15) is 20.8 Å². The summed E-state index contributed by atoms with van der Waals surface area (Å²) in [5.74, 6) is -0.806. The van der Waals surface area contributed by atoms with Gasteiger partial charge in [0.15, 0.2) is 6.10 Å². The lowest BCUT2D eigenvalue weighted by molar-refractivity contribution is -0.165. The van der Waals surface area contributed by atoms with Gasteiger partial charge in [0.05, 0.1) is 6.61 Å². The molecule has 1 aliphatic rings. The van der Waals surface area contributed by atoms with Crippen LogP contribution in [0.5, 0.6) is 0 Å². The van der Waals surface area contributed by atoms with Gasteiger partial charge < -0.3 is 18.8 Å². The Hall–Kier alpha value is -1.08. The standard InChI is InChI=1S/C10H17BO6/c1-4-11-15-6-9(16-8(3)13)10(17-11)5-14-7(2)12/h9-10H,4-6H2,1-3H3/t9-,10+/m1/s1. The molecule has 7 heteroatoms. The normalized spacial score (nSPS) is 24.3. The molecule has 0 bridgehead atoms. The average Bonchev–Trinajstić information content (AvgIpc) is 2.27. The van der Waals surface area contributed by atoms with E-state index in [0.29, 0.717) is 6.32 Å². The maximum absolute atomic E-state index is 10.9. The summed E-state index contributed by atoms with van der Waals surface area (Å²) in [5.41, 5.74) is 0. The summed E-state index contributed by atoms with van der Waals surface area (Å²) in [7, 11) is -0.345. The van der Waals surface area contributed by atoms with E-state index in [0.717, 1.165) is 0 Å². The fourth-order valence-electron chi connectivity index (χ4n) is 1.51. The van der Waals surface area contributed by atoms with Crippen molar-refractivity contribution >= 4 is 19.1 Å². The van der Waals surface area contributed by atoms with Crippen LogP contribution in [-0.4, -0.2) is 44.5 Å². The van der Waals surface area contributed by atoms with Gasteiger partial charge in [0.1, 0.15) is 12.7 Å². The number of ether oxygens (including phenoxy) is 2. The molecule has 0 amide bonds. The molecule has 0 aromatic carbocycles. The predicted molar refractivity (Wildman–Crippen MR) is 59.2 cm³/mol. The summed E-state index contributed by atoms with van der Waals surface area (Å²) >= 11 is 0. The second kappa shape index (κ2) is 6.61. The molecule has 96 valence electrons. The lowest BCUT2D eigenvalue weighted by atomic mass is 9.83. The zero-order chi connectivity index (χ0) is 12.8. The van der Waals surface area contributed by atoms with Crippen LogP contribution in [0.15, 0.2) is 0 Å². The predicted octanol–water partition coefficient (Wildman–Crippen LogP) is 0.405. The van der Waals surface area contributed by atoms with Crippen molar-refractivity contribution in [3.05, 3.63) is 0 Å². The molecule has 2 atom stereocenters. The lowest BCUT2D eigenvalue weighted by Gasteiger charge is -2.33. The quantitative estimate of drug-likeness (QED) is 0.526. The van der Waals surface area contributed by atoms with Gasteiger partial charge in [-0.15, -0.1) is 0 Å². The number of rotatable bonds is 4. The van der Waals surface area contributed by atoms with Crippen LogP contribution < -0.4 is 0 Å². The van der Waals surface area contributed by atoms with Crippen molar-refractivity contribution in [1.82, 2.24) is 0 Å². The third kappa shape index (κ3) is 4.74. The monoisotopic (exact) mass is 244 g/mol. The highest BCUT2D eigenvalue weighted by Crippen LogP contribution is 2.16. The van der Waals surface area contributed by atoms with E-state index in [1.807, 2.05) is 6.92 Å². The SMILES string of the molecule is CCB1OC[C@@H](OC(C)=O)[C@H](COC(C)=O)O1. The van der Waals surface area contributed by atoms with Gasteiger partial charge in [-0.25, -0.2) is 0 Å². The minimum Gasteiger partial charge on any atom is -0.463 e. The summed E-state index contributed by atoms with van der Waals surface area (Å²) in [4.78, 5) is 21.7. The van der Waals surface area contributed by atoms with E-state index in [1.54, 1.807) is 0 Å². The molecule has 1 saturated heterocycles. The first-order valence-electron chi connectivity index (χ1n) is 5.60. The van der Waals surface area contributed by atoms with Crippen LogP contribution in [0, 0.1) is 0 Å². The Bertz CT molecular complexity index is 282. The van der Waals surface area contributed by atoms with Gasteiger partial charge in [-0.2, -0.15) is 0 Å². The summed E-state index contributed by atoms with van der Waals surface area (Å²) < 4.78 is 20.8. The van der Waals surface area contributed by atoms with Gasteiger partial charge >= 0.3 is 19.1 Å². The van der Waals surface area contributed by atoms with E-state index in [1.165, 1.54) is 13.8 Å². The Morgan fingerprint density at radius 1 is 1.35 bits per heavy atom. The molecule has 0 aromatic rings. The fraction of sp³-hybridized carbons (Fsp3) is 0.800. The van der Waals surface area contributed by atoms with Gasteiger partial charge in [-0.05, 0) is 6.32 Å². The van der Waals surface area contributed by atoms with Crippen LogP contribution in [0.4, 0.5) is 0 Å².